The Balaban J connectivity index is 1.55. The molecule has 0 spiro atoms. The van der Waals surface area contributed by atoms with Crippen LogP contribution >= 0.6 is 15.9 Å². The van der Waals surface area contributed by atoms with Crippen molar-refractivity contribution in [3.63, 3.8) is 0 Å². The Morgan fingerprint density at radius 3 is 2.34 bits per heavy atom. The van der Waals surface area contributed by atoms with Gasteiger partial charge in [-0.05, 0) is 49.2 Å². The molecule has 1 aliphatic rings. The van der Waals surface area contributed by atoms with Crippen LogP contribution in [0, 0.1) is 13.8 Å². The molecule has 0 aliphatic carbocycles. The van der Waals surface area contributed by atoms with Gasteiger partial charge in [0.05, 0.1) is 6.54 Å². The van der Waals surface area contributed by atoms with Crippen molar-refractivity contribution in [3.8, 4) is 5.75 Å². The van der Waals surface area contributed by atoms with Gasteiger partial charge >= 0.3 is 6.03 Å². The fourth-order valence-corrected chi connectivity index (χ4v) is 3.97. The van der Waals surface area contributed by atoms with Crippen LogP contribution in [0.3, 0.4) is 0 Å². The standard InChI is InChI=1S/C26H23BrN2O3/c1-17-5-3-7-19(11-17)15-29-25(30)23(28-26(29)31)14-21-13-22(27)9-10-24(21)32-16-20-8-4-6-18(2)12-20/h3-14H,15-16H2,1-2H3,(H,28,31)/b23-14+. The molecule has 0 unspecified atom stereocenters. The van der Waals surface area contributed by atoms with E-state index in [0.717, 1.165) is 26.7 Å². The van der Waals surface area contributed by atoms with Gasteiger partial charge in [-0.3, -0.25) is 9.69 Å². The molecule has 1 aliphatic heterocycles. The maximum absolute atomic E-state index is 12.9. The van der Waals surface area contributed by atoms with Crippen molar-refractivity contribution in [1.82, 2.24) is 10.2 Å². The van der Waals surface area contributed by atoms with Crippen LogP contribution in [0.15, 0.2) is 76.9 Å². The Morgan fingerprint density at radius 2 is 1.62 bits per heavy atom. The van der Waals surface area contributed by atoms with Crippen molar-refractivity contribution in [2.45, 2.75) is 27.0 Å². The lowest BCUT2D eigenvalue weighted by atomic mass is 10.1. The van der Waals surface area contributed by atoms with Gasteiger partial charge in [0, 0.05) is 10.0 Å². The summed E-state index contributed by atoms with van der Waals surface area (Å²) in [4.78, 5) is 26.6. The van der Waals surface area contributed by atoms with Gasteiger partial charge in [0.15, 0.2) is 0 Å². The number of hydrogen-bond donors (Lipinski definition) is 1. The van der Waals surface area contributed by atoms with Crippen molar-refractivity contribution in [2.75, 3.05) is 0 Å². The van der Waals surface area contributed by atoms with Crippen LogP contribution in [0.2, 0.25) is 0 Å². The third-order valence-electron chi connectivity index (χ3n) is 5.13. The highest BCUT2D eigenvalue weighted by Gasteiger charge is 2.33. The normalized spacial score (nSPS) is 14.7. The molecule has 6 heteroatoms. The van der Waals surface area contributed by atoms with Crippen LogP contribution < -0.4 is 10.1 Å². The molecule has 0 saturated carbocycles. The first-order valence-corrected chi connectivity index (χ1v) is 11.1. The molecule has 32 heavy (non-hydrogen) atoms. The predicted molar refractivity (Wildman–Crippen MR) is 128 cm³/mol. The maximum Gasteiger partial charge on any atom is 0.329 e. The number of benzene rings is 3. The molecule has 0 bridgehead atoms. The Labute approximate surface area is 195 Å². The topological polar surface area (TPSA) is 58.6 Å². The average molecular weight is 491 g/mol. The van der Waals surface area contributed by atoms with Crippen LogP contribution in [0.1, 0.15) is 27.8 Å². The first-order chi connectivity index (χ1) is 15.4. The molecule has 1 saturated heterocycles. The minimum atomic E-state index is -0.431. The van der Waals surface area contributed by atoms with E-state index in [1.54, 1.807) is 6.08 Å². The van der Waals surface area contributed by atoms with Crippen molar-refractivity contribution >= 4 is 33.9 Å². The molecular weight excluding hydrogens is 468 g/mol. The molecule has 4 rings (SSSR count). The van der Waals surface area contributed by atoms with E-state index in [0.29, 0.717) is 17.9 Å². The molecule has 3 amide bonds. The molecule has 162 valence electrons. The molecule has 1 fully saturated rings. The minimum absolute atomic E-state index is 0.221. The van der Waals surface area contributed by atoms with Gasteiger partial charge in [-0.15, -0.1) is 0 Å². The summed E-state index contributed by atoms with van der Waals surface area (Å²) >= 11 is 3.47. The molecule has 5 nitrogen and oxygen atoms in total. The van der Waals surface area contributed by atoms with Gasteiger partial charge in [-0.1, -0.05) is 75.6 Å². The first-order valence-electron chi connectivity index (χ1n) is 10.3. The number of hydrogen-bond acceptors (Lipinski definition) is 3. The van der Waals surface area contributed by atoms with Gasteiger partial charge < -0.3 is 10.1 Å². The summed E-state index contributed by atoms with van der Waals surface area (Å²) in [5.74, 6) is 0.266. The molecule has 0 radical (unpaired) electrons. The second-order valence-electron chi connectivity index (χ2n) is 7.83. The number of nitrogens with zero attached hydrogens (tertiary/aromatic N) is 1. The van der Waals surface area contributed by atoms with Crippen LogP contribution in [-0.2, 0) is 17.9 Å². The maximum atomic E-state index is 12.9. The summed E-state index contributed by atoms with van der Waals surface area (Å²) in [6, 6.07) is 21.0. The summed E-state index contributed by atoms with van der Waals surface area (Å²) in [6.45, 7) is 4.64. The minimum Gasteiger partial charge on any atom is -0.488 e. The van der Waals surface area contributed by atoms with E-state index in [9.17, 15) is 9.59 Å². The highest BCUT2D eigenvalue weighted by Crippen LogP contribution is 2.28. The first kappa shape index (κ1) is 21.8. The van der Waals surface area contributed by atoms with E-state index in [-0.39, 0.29) is 18.1 Å². The number of imide groups is 1. The fraction of sp³-hybridized carbons (Fsp3) is 0.154. The zero-order chi connectivity index (χ0) is 22.7. The molecule has 1 N–H and O–H groups in total. The highest BCUT2D eigenvalue weighted by molar-refractivity contribution is 9.10. The number of urea groups is 1. The number of ether oxygens (including phenoxy) is 1. The number of halogens is 1. The number of rotatable bonds is 6. The van der Waals surface area contributed by atoms with E-state index in [2.05, 4.69) is 27.3 Å². The summed E-state index contributed by atoms with van der Waals surface area (Å²) < 4.78 is 6.89. The number of amides is 3. The lowest BCUT2D eigenvalue weighted by Crippen LogP contribution is -2.30. The average Bonchev–Trinajstić information content (AvgIpc) is 3.01. The predicted octanol–water partition coefficient (Wildman–Crippen LogP) is 5.74. The second kappa shape index (κ2) is 9.40. The highest BCUT2D eigenvalue weighted by atomic mass is 79.9. The Kier molecular flexibility index (Phi) is 6.42. The molecule has 3 aromatic carbocycles. The summed E-state index contributed by atoms with van der Waals surface area (Å²) in [5, 5.41) is 2.69. The van der Waals surface area contributed by atoms with E-state index in [4.69, 9.17) is 4.74 Å². The van der Waals surface area contributed by atoms with Crippen molar-refractivity contribution < 1.29 is 14.3 Å². The molecule has 3 aromatic rings. The SMILES string of the molecule is Cc1cccc(COc2ccc(Br)cc2/C=C2/NC(=O)N(Cc3cccc(C)c3)C2=O)c1. The molecule has 1 heterocycles. The van der Waals surface area contributed by atoms with Crippen LogP contribution in [-0.4, -0.2) is 16.8 Å². The third-order valence-corrected chi connectivity index (χ3v) is 5.63. The number of aryl methyl sites for hydroxylation is 2. The van der Waals surface area contributed by atoms with Gasteiger partial charge in [0.1, 0.15) is 18.1 Å². The molecular formula is C26H23BrN2O3. The van der Waals surface area contributed by atoms with Gasteiger partial charge in [0.25, 0.3) is 5.91 Å². The Morgan fingerprint density at radius 1 is 0.938 bits per heavy atom. The van der Waals surface area contributed by atoms with Crippen molar-refractivity contribution in [3.05, 3.63) is 105 Å². The van der Waals surface area contributed by atoms with Crippen molar-refractivity contribution in [1.29, 1.82) is 0 Å². The van der Waals surface area contributed by atoms with E-state index >= 15 is 0 Å². The monoisotopic (exact) mass is 490 g/mol. The number of carbonyl (C=O) groups is 2. The summed E-state index contributed by atoms with van der Waals surface area (Å²) in [6.07, 6.45) is 1.66. The van der Waals surface area contributed by atoms with Crippen molar-refractivity contribution in [2.24, 2.45) is 0 Å². The van der Waals surface area contributed by atoms with Gasteiger partial charge in [-0.25, -0.2) is 4.79 Å². The zero-order valence-electron chi connectivity index (χ0n) is 17.9. The lowest BCUT2D eigenvalue weighted by molar-refractivity contribution is -0.123. The van der Waals surface area contributed by atoms with Crippen LogP contribution in [0.25, 0.3) is 6.08 Å². The third kappa shape index (κ3) is 5.08. The fourth-order valence-electron chi connectivity index (χ4n) is 3.59. The molecule has 0 aromatic heterocycles. The van der Waals surface area contributed by atoms with E-state index in [1.807, 2.05) is 74.5 Å². The largest absolute Gasteiger partial charge is 0.488 e. The van der Waals surface area contributed by atoms with Gasteiger partial charge in [-0.2, -0.15) is 0 Å². The van der Waals surface area contributed by atoms with E-state index < -0.39 is 6.03 Å². The van der Waals surface area contributed by atoms with Crippen LogP contribution in [0.5, 0.6) is 5.75 Å². The summed E-state index contributed by atoms with van der Waals surface area (Å²) in [5.41, 5.74) is 5.13. The number of carbonyl (C=O) groups excluding carboxylic acids is 2. The smallest absolute Gasteiger partial charge is 0.329 e. The number of nitrogens with one attached hydrogen (secondary N) is 1. The second-order valence-corrected chi connectivity index (χ2v) is 8.74. The quantitative estimate of drug-likeness (QED) is 0.354. The summed E-state index contributed by atoms with van der Waals surface area (Å²) in [7, 11) is 0. The van der Waals surface area contributed by atoms with Gasteiger partial charge in [0.2, 0.25) is 0 Å². The Hall–Kier alpha value is -3.38. The zero-order valence-corrected chi connectivity index (χ0v) is 19.5. The molecule has 0 atom stereocenters. The Bertz CT molecular complexity index is 1220. The lowest BCUT2D eigenvalue weighted by Gasteiger charge is -2.12. The van der Waals surface area contributed by atoms with E-state index in [1.165, 1.54) is 4.90 Å². The van der Waals surface area contributed by atoms with Crippen LogP contribution in [0.4, 0.5) is 4.79 Å².